The molecule has 1 aliphatic carbocycles. The second-order valence-electron chi connectivity index (χ2n) is 7.15. The molecule has 0 aliphatic heterocycles. The van der Waals surface area contributed by atoms with Crippen LogP contribution in [-0.2, 0) is 0 Å². The number of nitrogens with zero attached hydrogens (tertiary/aromatic N) is 1. The van der Waals surface area contributed by atoms with Gasteiger partial charge in [0.15, 0.2) is 5.76 Å². The van der Waals surface area contributed by atoms with E-state index in [1.165, 1.54) is 0 Å². The van der Waals surface area contributed by atoms with E-state index in [9.17, 15) is 15.2 Å². The summed E-state index contributed by atoms with van der Waals surface area (Å²) in [5.41, 5.74) is 2.24. The number of furan rings is 1. The number of aliphatic hydroxyl groups excluding tert-OH is 1. The molecule has 1 heterocycles. The number of carbonyl (C=O) groups excluding carboxylic acids is 1. The summed E-state index contributed by atoms with van der Waals surface area (Å²) in [5.74, 6) is 0.398. The van der Waals surface area contributed by atoms with Gasteiger partial charge in [-0.1, -0.05) is 11.6 Å². The van der Waals surface area contributed by atoms with Crippen LogP contribution >= 0.6 is 11.6 Å². The van der Waals surface area contributed by atoms with E-state index in [4.69, 9.17) is 20.8 Å². The van der Waals surface area contributed by atoms with E-state index in [1.807, 2.05) is 0 Å². The molecule has 6 nitrogen and oxygen atoms in total. The second kappa shape index (κ2) is 7.78. The van der Waals surface area contributed by atoms with E-state index < -0.39 is 0 Å². The van der Waals surface area contributed by atoms with Gasteiger partial charge in [-0.2, -0.15) is 5.26 Å². The fourth-order valence-electron chi connectivity index (χ4n) is 3.76. The molecule has 1 aromatic heterocycles. The Morgan fingerprint density at radius 2 is 2.10 bits per heavy atom. The third-order valence-corrected chi connectivity index (χ3v) is 5.38. The van der Waals surface area contributed by atoms with Crippen molar-refractivity contribution in [3.8, 4) is 22.9 Å². The summed E-state index contributed by atoms with van der Waals surface area (Å²) in [6, 6.07) is 12.2. The lowest BCUT2D eigenvalue weighted by molar-refractivity contribution is 0.0908. The quantitative estimate of drug-likeness (QED) is 0.669. The molecule has 7 heteroatoms. The van der Waals surface area contributed by atoms with Gasteiger partial charge in [0.1, 0.15) is 11.3 Å². The zero-order valence-electron chi connectivity index (χ0n) is 15.7. The Labute approximate surface area is 172 Å². The molecule has 2 atom stereocenters. The minimum atomic E-state index is -0.374. The number of rotatable bonds is 4. The number of amides is 1. The SMILES string of the molecule is COc1ccc(C#N)cc1-c1cc(Cl)cc2cc(C(=O)NC3CCC(O)C3)oc12. The number of aliphatic hydroxyl groups is 1. The third kappa shape index (κ3) is 3.80. The summed E-state index contributed by atoms with van der Waals surface area (Å²) in [7, 11) is 1.55. The minimum Gasteiger partial charge on any atom is -0.496 e. The van der Waals surface area contributed by atoms with Crippen molar-refractivity contribution >= 4 is 28.5 Å². The maximum Gasteiger partial charge on any atom is 0.287 e. The van der Waals surface area contributed by atoms with Gasteiger partial charge in [0.05, 0.1) is 24.8 Å². The van der Waals surface area contributed by atoms with Crippen molar-refractivity contribution in [1.29, 1.82) is 5.26 Å². The van der Waals surface area contributed by atoms with Crippen molar-refractivity contribution in [3.05, 3.63) is 52.7 Å². The molecule has 1 aliphatic rings. The summed E-state index contributed by atoms with van der Waals surface area (Å²) in [6.45, 7) is 0. The van der Waals surface area contributed by atoms with Gasteiger partial charge >= 0.3 is 0 Å². The number of methoxy groups -OCH3 is 1. The van der Waals surface area contributed by atoms with E-state index >= 15 is 0 Å². The number of benzene rings is 2. The molecule has 0 radical (unpaired) electrons. The molecular weight excluding hydrogens is 392 g/mol. The molecular formula is C22H19ClN2O4. The molecule has 2 N–H and O–H groups in total. The lowest BCUT2D eigenvalue weighted by Gasteiger charge is -2.11. The van der Waals surface area contributed by atoms with Gasteiger partial charge in [-0.3, -0.25) is 4.79 Å². The monoisotopic (exact) mass is 410 g/mol. The van der Waals surface area contributed by atoms with E-state index in [2.05, 4.69) is 11.4 Å². The van der Waals surface area contributed by atoms with Crippen LogP contribution in [0.2, 0.25) is 5.02 Å². The fourth-order valence-corrected chi connectivity index (χ4v) is 3.99. The van der Waals surface area contributed by atoms with Gasteiger partial charge in [0, 0.05) is 27.6 Å². The summed E-state index contributed by atoms with van der Waals surface area (Å²) >= 11 is 6.31. The number of fused-ring (bicyclic) bond motifs is 1. The summed E-state index contributed by atoms with van der Waals surface area (Å²) in [5, 5.41) is 23.0. The molecule has 3 aromatic rings. The first-order valence-corrected chi connectivity index (χ1v) is 9.67. The van der Waals surface area contributed by atoms with Gasteiger partial charge in [-0.25, -0.2) is 0 Å². The molecule has 4 rings (SSSR count). The minimum absolute atomic E-state index is 0.0684. The number of halogens is 1. The number of carbonyl (C=O) groups is 1. The van der Waals surface area contributed by atoms with E-state index in [-0.39, 0.29) is 23.8 Å². The molecule has 148 valence electrons. The Kier molecular flexibility index (Phi) is 5.18. The van der Waals surface area contributed by atoms with Crippen LogP contribution in [0.3, 0.4) is 0 Å². The number of nitriles is 1. The van der Waals surface area contributed by atoms with E-state index in [0.29, 0.717) is 51.3 Å². The smallest absolute Gasteiger partial charge is 0.287 e. The normalized spacial score (nSPS) is 18.6. The van der Waals surface area contributed by atoms with E-state index in [1.54, 1.807) is 43.5 Å². The lowest BCUT2D eigenvalue weighted by atomic mass is 10.0. The predicted octanol–water partition coefficient (Wildman–Crippen LogP) is 4.28. The van der Waals surface area contributed by atoms with Gasteiger partial charge in [0.2, 0.25) is 0 Å². The van der Waals surface area contributed by atoms with Crippen LogP contribution in [0.1, 0.15) is 35.4 Å². The highest BCUT2D eigenvalue weighted by atomic mass is 35.5. The van der Waals surface area contributed by atoms with Crippen LogP contribution in [0.4, 0.5) is 0 Å². The van der Waals surface area contributed by atoms with Crippen molar-refractivity contribution < 1.29 is 19.1 Å². The first-order chi connectivity index (χ1) is 14.0. The van der Waals surface area contributed by atoms with Gasteiger partial charge < -0.3 is 19.6 Å². The van der Waals surface area contributed by atoms with Crippen molar-refractivity contribution in [2.75, 3.05) is 7.11 Å². The van der Waals surface area contributed by atoms with Crippen LogP contribution in [0, 0.1) is 11.3 Å². The molecule has 0 bridgehead atoms. The number of hydrogen-bond donors (Lipinski definition) is 2. The Morgan fingerprint density at radius 1 is 1.28 bits per heavy atom. The van der Waals surface area contributed by atoms with Crippen molar-refractivity contribution in [2.24, 2.45) is 0 Å². The van der Waals surface area contributed by atoms with E-state index in [0.717, 1.165) is 6.42 Å². The van der Waals surface area contributed by atoms with Crippen molar-refractivity contribution in [1.82, 2.24) is 5.32 Å². The zero-order chi connectivity index (χ0) is 20.5. The highest BCUT2D eigenvalue weighted by Crippen LogP contribution is 2.39. The van der Waals surface area contributed by atoms with Gasteiger partial charge in [-0.15, -0.1) is 0 Å². The molecule has 0 spiro atoms. The average Bonchev–Trinajstić information content (AvgIpc) is 3.32. The lowest BCUT2D eigenvalue weighted by Crippen LogP contribution is -2.32. The highest BCUT2D eigenvalue weighted by Gasteiger charge is 2.26. The number of ether oxygens (including phenoxy) is 1. The summed E-state index contributed by atoms with van der Waals surface area (Å²) < 4.78 is 11.4. The van der Waals surface area contributed by atoms with Gasteiger partial charge in [0.25, 0.3) is 5.91 Å². The molecule has 2 aromatic carbocycles. The average molecular weight is 411 g/mol. The summed E-state index contributed by atoms with van der Waals surface area (Å²) in [4.78, 5) is 12.6. The maximum absolute atomic E-state index is 12.6. The van der Waals surface area contributed by atoms with Crippen LogP contribution in [0.15, 0.2) is 40.8 Å². The van der Waals surface area contributed by atoms with Crippen LogP contribution in [0.25, 0.3) is 22.1 Å². The second-order valence-corrected chi connectivity index (χ2v) is 7.58. The summed E-state index contributed by atoms with van der Waals surface area (Å²) in [6.07, 6.45) is 1.59. The molecule has 0 saturated heterocycles. The molecule has 1 fully saturated rings. The molecule has 29 heavy (non-hydrogen) atoms. The Balaban J connectivity index is 1.77. The van der Waals surface area contributed by atoms with Crippen molar-refractivity contribution in [3.63, 3.8) is 0 Å². The highest BCUT2D eigenvalue weighted by molar-refractivity contribution is 6.32. The largest absolute Gasteiger partial charge is 0.496 e. The Hall–Kier alpha value is -3.01. The number of nitrogens with one attached hydrogen (secondary N) is 1. The Bertz CT molecular complexity index is 1130. The standard InChI is InChI=1S/C22H19ClN2O4/c1-28-19-5-2-12(11-24)6-17(19)18-9-14(23)7-13-8-20(29-21(13)18)22(27)25-15-3-4-16(26)10-15/h2,5-9,15-16,26H,3-4,10H2,1H3,(H,25,27). The van der Waals surface area contributed by atoms with Gasteiger partial charge in [-0.05, 0) is 55.7 Å². The first kappa shape index (κ1) is 19.3. The third-order valence-electron chi connectivity index (χ3n) is 5.16. The topological polar surface area (TPSA) is 95.5 Å². The molecule has 2 unspecified atom stereocenters. The predicted molar refractivity (Wildman–Crippen MR) is 109 cm³/mol. The fraction of sp³-hybridized carbons (Fsp3) is 0.273. The van der Waals surface area contributed by atoms with Crippen LogP contribution in [-0.4, -0.2) is 30.3 Å². The molecule has 1 saturated carbocycles. The van der Waals surface area contributed by atoms with Crippen molar-refractivity contribution in [2.45, 2.75) is 31.4 Å². The number of hydrogen-bond acceptors (Lipinski definition) is 5. The zero-order valence-corrected chi connectivity index (χ0v) is 16.5. The van der Waals surface area contributed by atoms with Crippen LogP contribution in [0.5, 0.6) is 5.75 Å². The Morgan fingerprint density at radius 3 is 2.79 bits per heavy atom. The molecule has 1 amide bonds. The first-order valence-electron chi connectivity index (χ1n) is 9.29. The van der Waals surface area contributed by atoms with Crippen LogP contribution < -0.4 is 10.1 Å². The maximum atomic E-state index is 12.6.